The van der Waals surface area contributed by atoms with Gasteiger partial charge in [0.05, 0.1) is 17.2 Å². The minimum Gasteiger partial charge on any atom is -0.444 e. The topological polar surface area (TPSA) is 109 Å². The molecule has 9 heteroatoms. The van der Waals surface area contributed by atoms with Gasteiger partial charge in [-0.3, -0.25) is 15.5 Å². The Bertz CT molecular complexity index is 741. The Morgan fingerprint density at radius 3 is 2.58 bits per heavy atom. The number of hydrogen-bond donors (Lipinski definition) is 2. The summed E-state index contributed by atoms with van der Waals surface area (Å²) < 4.78 is 19.6. The lowest BCUT2D eigenvalue weighted by Crippen LogP contribution is -2.36. The molecule has 0 aliphatic carbocycles. The summed E-state index contributed by atoms with van der Waals surface area (Å²) >= 11 is 0. The molecule has 1 amide bonds. The van der Waals surface area contributed by atoms with Gasteiger partial charge in [-0.25, -0.2) is 4.79 Å². The van der Waals surface area contributed by atoms with Crippen molar-refractivity contribution in [1.29, 1.82) is 5.41 Å². The van der Waals surface area contributed by atoms with Gasteiger partial charge < -0.3 is 15.0 Å². The average Bonchev–Trinajstić information content (AvgIpc) is 2.52. The molecular weight excluding hydrogens is 343 g/mol. The second kappa shape index (κ2) is 8.41. The SMILES string of the molecule is CN/C=C(/CN(C)C(=O)OC(C)(C)C)C(=N)c1cccc([N+](=O)[O-])c1F. The molecule has 1 rings (SSSR count). The molecule has 0 spiro atoms. The van der Waals surface area contributed by atoms with E-state index in [1.54, 1.807) is 27.8 Å². The summed E-state index contributed by atoms with van der Waals surface area (Å²) in [6.45, 7) is 5.13. The summed E-state index contributed by atoms with van der Waals surface area (Å²) in [7, 11) is 3.07. The van der Waals surface area contributed by atoms with E-state index in [1.807, 2.05) is 0 Å². The average molecular weight is 366 g/mol. The van der Waals surface area contributed by atoms with E-state index < -0.39 is 28.1 Å². The van der Waals surface area contributed by atoms with Crippen LogP contribution in [0.1, 0.15) is 26.3 Å². The largest absolute Gasteiger partial charge is 0.444 e. The highest BCUT2D eigenvalue weighted by atomic mass is 19.1. The second-order valence-electron chi connectivity index (χ2n) is 6.57. The van der Waals surface area contributed by atoms with E-state index in [1.165, 1.54) is 30.3 Å². The lowest BCUT2D eigenvalue weighted by Gasteiger charge is -2.25. The van der Waals surface area contributed by atoms with E-state index >= 15 is 0 Å². The third-order valence-electron chi connectivity index (χ3n) is 3.20. The highest BCUT2D eigenvalue weighted by Crippen LogP contribution is 2.22. The zero-order valence-corrected chi connectivity index (χ0v) is 15.4. The molecular formula is C17H23FN4O4. The van der Waals surface area contributed by atoms with E-state index in [2.05, 4.69) is 5.32 Å². The third-order valence-corrected chi connectivity index (χ3v) is 3.20. The van der Waals surface area contributed by atoms with Crippen molar-refractivity contribution in [1.82, 2.24) is 10.2 Å². The Balaban J connectivity index is 3.10. The molecule has 2 N–H and O–H groups in total. The lowest BCUT2D eigenvalue weighted by atomic mass is 10.0. The highest BCUT2D eigenvalue weighted by Gasteiger charge is 2.24. The molecule has 1 aromatic rings. The number of benzene rings is 1. The van der Waals surface area contributed by atoms with E-state index in [9.17, 15) is 19.3 Å². The van der Waals surface area contributed by atoms with Crippen molar-refractivity contribution in [2.45, 2.75) is 26.4 Å². The van der Waals surface area contributed by atoms with Gasteiger partial charge in [-0.05, 0) is 26.8 Å². The van der Waals surface area contributed by atoms with Gasteiger partial charge >= 0.3 is 11.8 Å². The molecule has 0 atom stereocenters. The van der Waals surface area contributed by atoms with Crippen molar-refractivity contribution < 1.29 is 18.8 Å². The Kier molecular flexibility index (Phi) is 6.82. The summed E-state index contributed by atoms with van der Waals surface area (Å²) in [6, 6.07) is 3.61. The van der Waals surface area contributed by atoms with Crippen LogP contribution < -0.4 is 5.32 Å². The molecule has 0 saturated carbocycles. The molecule has 26 heavy (non-hydrogen) atoms. The fourth-order valence-electron chi connectivity index (χ4n) is 2.06. The fraction of sp³-hybridized carbons (Fsp3) is 0.412. The first-order valence-corrected chi connectivity index (χ1v) is 7.80. The number of nitrogens with one attached hydrogen (secondary N) is 2. The van der Waals surface area contributed by atoms with Crippen molar-refractivity contribution in [3.63, 3.8) is 0 Å². The highest BCUT2D eigenvalue weighted by molar-refractivity contribution is 6.11. The van der Waals surface area contributed by atoms with Crippen LogP contribution in [0.2, 0.25) is 0 Å². The number of carbonyl (C=O) groups is 1. The van der Waals surface area contributed by atoms with Crippen LogP contribution in [0.5, 0.6) is 0 Å². The maximum Gasteiger partial charge on any atom is 0.410 e. The summed E-state index contributed by atoms with van der Waals surface area (Å²) in [5.74, 6) is -1.09. The van der Waals surface area contributed by atoms with E-state index in [0.29, 0.717) is 0 Å². The van der Waals surface area contributed by atoms with Crippen molar-refractivity contribution >= 4 is 17.5 Å². The zero-order chi connectivity index (χ0) is 20.1. The van der Waals surface area contributed by atoms with Crippen molar-refractivity contribution in [3.8, 4) is 0 Å². The van der Waals surface area contributed by atoms with Crippen LogP contribution in [0.4, 0.5) is 14.9 Å². The van der Waals surface area contributed by atoms with E-state index in [0.717, 1.165) is 6.07 Å². The lowest BCUT2D eigenvalue weighted by molar-refractivity contribution is -0.387. The number of rotatable bonds is 6. The molecule has 8 nitrogen and oxygen atoms in total. The Hall–Kier alpha value is -2.97. The molecule has 0 unspecified atom stereocenters. The van der Waals surface area contributed by atoms with Gasteiger partial charge in [0.2, 0.25) is 5.82 Å². The molecule has 0 bridgehead atoms. The van der Waals surface area contributed by atoms with E-state index in [4.69, 9.17) is 10.1 Å². The quantitative estimate of drug-likeness (QED) is 0.457. The van der Waals surface area contributed by atoms with Gasteiger partial charge in [0.1, 0.15) is 5.60 Å². The third kappa shape index (κ3) is 5.54. The number of nitro benzene ring substituents is 1. The van der Waals surface area contributed by atoms with Gasteiger partial charge in [0.25, 0.3) is 0 Å². The van der Waals surface area contributed by atoms with Crippen LogP contribution in [0.25, 0.3) is 0 Å². The Morgan fingerprint density at radius 2 is 2.08 bits per heavy atom. The number of carbonyl (C=O) groups excluding carboxylic acids is 1. The fourth-order valence-corrected chi connectivity index (χ4v) is 2.06. The maximum atomic E-state index is 14.4. The summed E-state index contributed by atoms with van der Waals surface area (Å²) in [6.07, 6.45) is 0.827. The van der Waals surface area contributed by atoms with Crippen LogP contribution in [0, 0.1) is 21.3 Å². The maximum absolute atomic E-state index is 14.4. The summed E-state index contributed by atoms with van der Waals surface area (Å²) in [5.41, 5.74) is -1.62. The number of nitrogens with zero attached hydrogens (tertiary/aromatic N) is 2. The molecule has 0 saturated heterocycles. The van der Waals surface area contributed by atoms with Crippen LogP contribution in [-0.4, -0.2) is 47.9 Å². The van der Waals surface area contributed by atoms with Crippen molar-refractivity contribution in [2.24, 2.45) is 0 Å². The second-order valence-corrected chi connectivity index (χ2v) is 6.57. The summed E-state index contributed by atoms with van der Waals surface area (Å²) in [4.78, 5) is 23.4. The number of nitro groups is 1. The first kappa shape index (κ1) is 21.1. The molecule has 0 aliphatic rings. The van der Waals surface area contributed by atoms with Crippen LogP contribution in [0.3, 0.4) is 0 Å². The van der Waals surface area contributed by atoms with Gasteiger partial charge in [-0.2, -0.15) is 4.39 Å². The molecule has 0 fully saturated rings. The number of halogens is 1. The number of likely N-dealkylation sites (N-methyl/N-ethyl adjacent to an activating group) is 1. The number of hydrogen-bond acceptors (Lipinski definition) is 6. The van der Waals surface area contributed by atoms with E-state index in [-0.39, 0.29) is 23.4 Å². The first-order chi connectivity index (χ1) is 12.0. The zero-order valence-electron chi connectivity index (χ0n) is 15.4. The van der Waals surface area contributed by atoms with Gasteiger partial charge in [0, 0.05) is 37.5 Å². The van der Waals surface area contributed by atoms with Crippen LogP contribution >= 0.6 is 0 Å². The predicted molar refractivity (Wildman–Crippen MR) is 95.9 cm³/mol. The molecule has 0 aromatic heterocycles. The molecule has 0 heterocycles. The molecule has 142 valence electrons. The molecule has 0 aliphatic heterocycles. The van der Waals surface area contributed by atoms with Crippen molar-refractivity contribution in [3.05, 3.63) is 51.5 Å². The van der Waals surface area contributed by atoms with Crippen LogP contribution in [0.15, 0.2) is 30.0 Å². The van der Waals surface area contributed by atoms with Gasteiger partial charge in [-0.1, -0.05) is 6.07 Å². The Labute approximate surface area is 151 Å². The smallest absolute Gasteiger partial charge is 0.410 e. The van der Waals surface area contributed by atoms with Crippen molar-refractivity contribution in [2.75, 3.05) is 20.6 Å². The molecule has 1 aromatic carbocycles. The van der Waals surface area contributed by atoms with Gasteiger partial charge in [-0.15, -0.1) is 0 Å². The van der Waals surface area contributed by atoms with Crippen LogP contribution in [-0.2, 0) is 4.74 Å². The minimum absolute atomic E-state index is 0.0449. The predicted octanol–water partition coefficient (Wildman–Crippen LogP) is 3.07. The Morgan fingerprint density at radius 1 is 1.46 bits per heavy atom. The normalized spacial score (nSPS) is 11.7. The first-order valence-electron chi connectivity index (χ1n) is 7.80. The summed E-state index contributed by atoms with van der Waals surface area (Å²) in [5, 5.41) is 21.9. The van der Waals surface area contributed by atoms with Gasteiger partial charge in [0.15, 0.2) is 0 Å². The number of amides is 1. The standard InChI is InChI=1S/C17H23FN4O4/c1-17(2,3)26-16(23)21(5)10-11(9-20-4)15(19)12-7-6-8-13(14(12)18)22(24)25/h6-9,19-20H,10H2,1-5H3/b11-9-,19-15?. The molecule has 0 radical (unpaired) electrons. The minimum atomic E-state index is -1.09. The monoisotopic (exact) mass is 366 g/mol. The number of ether oxygens (including phenoxy) is 1.